The molecule has 0 amide bonds. The maximum atomic E-state index is 12.0. The predicted molar refractivity (Wildman–Crippen MR) is 68.4 cm³/mol. The van der Waals surface area contributed by atoms with Crippen LogP contribution in [0.4, 0.5) is 0 Å². The first-order valence-electron chi connectivity index (χ1n) is 4.64. The highest BCUT2D eigenvalue weighted by atomic mass is 79.9. The largest absolute Gasteiger partial charge is 0.394 e. The molecule has 0 spiro atoms. The van der Waals surface area contributed by atoms with E-state index >= 15 is 0 Å². The fourth-order valence-corrected chi connectivity index (χ4v) is 3.39. The molecule has 17 heavy (non-hydrogen) atoms. The van der Waals surface area contributed by atoms with E-state index in [-0.39, 0.29) is 16.7 Å². The molecule has 0 aliphatic rings. The molecule has 1 heterocycles. The summed E-state index contributed by atoms with van der Waals surface area (Å²) in [6.45, 7) is 2.79. The number of nitrogens with zero attached hydrogens (tertiary/aromatic N) is 1. The van der Waals surface area contributed by atoms with Crippen LogP contribution in [0.2, 0.25) is 5.15 Å². The highest BCUT2D eigenvalue weighted by Crippen LogP contribution is 2.23. The number of halogens is 2. The number of sulfonamides is 1. The van der Waals surface area contributed by atoms with Gasteiger partial charge in [0, 0.05) is 10.7 Å². The van der Waals surface area contributed by atoms with Crippen molar-refractivity contribution >= 4 is 37.6 Å². The minimum Gasteiger partial charge on any atom is -0.394 e. The number of aromatic nitrogens is 1. The first-order valence-corrected chi connectivity index (χ1v) is 7.29. The number of pyridine rings is 1. The summed E-state index contributed by atoms with van der Waals surface area (Å²) < 4.78 is 26.9. The van der Waals surface area contributed by atoms with Crippen molar-refractivity contribution in [2.45, 2.75) is 24.3 Å². The fraction of sp³-hybridized carbons (Fsp3) is 0.444. The molecule has 0 saturated carbocycles. The zero-order chi connectivity index (χ0) is 13.3. The second kappa shape index (κ2) is 5.19. The molecular formula is C9H12BrClN2O3S. The Bertz CT molecular complexity index is 519. The Hall–Kier alpha value is -0.210. The van der Waals surface area contributed by atoms with E-state index in [1.165, 1.54) is 12.3 Å². The summed E-state index contributed by atoms with van der Waals surface area (Å²) >= 11 is 8.86. The third kappa shape index (κ3) is 3.89. The average Bonchev–Trinajstić information content (AvgIpc) is 2.20. The molecule has 0 radical (unpaired) electrons. The summed E-state index contributed by atoms with van der Waals surface area (Å²) in [7, 11) is -3.82. The minimum atomic E-state index is -3.82. The van der Waals surface area contributed by atoms with Gasteiger partial charge in [-0.05, 0) is 35.8 Å². The molecule has 1 rings (SSSR count). The first-order chi connectivity index (χ1) is 7.68. The van der Waals surface area contributed by atoms with Gasteiger partial charge in [0.25, 0.3) is 0 Å². The van der Waals surface area contributed by atoms with Crippen molar-refractivity contribution in [1.29, 1.82) is 0 Å². The predicted octanol–water partition coefficient (Wildman–Crippen LogP) is 1.55. The molecule has 8 heteroatoms. The second-order valence-electron chi connectivity index (χ2n) is 4.09. The van der Waals surface area contributed by atoms with Crippen LogP contribution in [0.1, 0.15) is 13.8 Å². The van der Waals surface area contributed by atoms with Crippen LogP contribution < -0.4 is 4.72 Å². The Kier molecular flexibility index (Phi) is 4.54. The average molecular weight is 344 g/mol. The monoisotopic (exact) mass is 342 g/mol. The summed E-state index contributed by atoms with van der Waals surface area (Å²) in [5, 5.41) is 8.93. The lowest BCUT2D eigenvalue weighted by atomic mass is 10.1. The number of hydrogen-bond acceptors (Lipinski definition) is 4. The van der Waals surface area contributed by atoms with Crippen LogP contribution in [0.3, 0.4) is 0 Å². The third-order valence-electron chi connectivity index (χ3n) is 1.87. The lowest BCUT2D eigenvalue weighted by Crippen LogP contribution is -2.46. The summed E-state index contributed by atoms with van der Waals surface area (Å²) in [4.78, 5) is 3.61. The minimum absolute atomic E-state index is 0.116. The van der Waals surface area contributed by atoms with Gasteiger partial charge in [0.1, 0.15) is 10.0 Å². The van der Waals surface area contributed by atoms with Crippen molar-refractivity contribution < 1.29 is 13.5 Å². The van der Waals surface area contributed by atoms with E-state index in [2.05, 4.69) is 25.6 Å². The summed E-state index contributed by atoms with van der Waals surface area (Å²) in [5.41, 5.74) is -0.968. The molecule has 1 aromatic heterocycles. The van der Waals surface area contributed by atoms with E-state index in [9.17, 15) is 8.42 Å². The molecule has 0 aliphatic carbocycles. The van der Waals surface area contributed by atoms with Crippen molar-refractivity contribution in [2.75, 3.05) is 6.61 Å². The molecule has 0 aliphatic heterocycles. The molecule has 5 nitrogen and oxygen atoms in total. The molecule has 0 unspecified atom stereocenters. The summed E-state index contributed by atoms with van der Waals surface area (Å²) in [6.07, 6.45) is 1.40. The van der Waals surface area contributed by atoms with Gasteiger partial charge in [-0.15, -0.1) is 0 Å². The first kappa shape index (κ1) is 14.8. The van der Waals surface area contributed by atoms with Gasteiger partial charge in [0.2, 0.25) is 10.0 Å². The van der Waals surface area contributed by atoms with Crippen LogP contribution in [0, 0.1) is 0 Å². The van der Waals surface area contributed by atoms with Gasteiger partial charge < -0.3 is 5.11 Å². The Balaban J connectivity index is 3.18. The quantitative estimate of drug-likeness (QED) is 0.813. The molecule has 0 fully saturated rings. The van der Waals surface area contributed by atoms with E-state index in [1.54, 1.807) is 13.8 Å². The number of aliphatic hydroxyl groups excluding tert-OH is 1. The van der Waals surface area contributed by atoms with E-state index in [0.29, 0.717) is 4.47 Å². The Morgan fingerprint density at radius 2 is 2.18 bits per heavy atom. The molecule has 0 saturated heterocycles. The smallest absolute Gasteiger partial charge is 0.244 e. The lowest BCUT2D eigenvalue weighted by Gasteiger charge is -2.23. The summed E-state index contributed by atoms with van der Waals surface area (Å²) in [6, 6.07) is 1.35. The van der Waals surface area contributed by atoms with Crippen molar-refractivity contribution in [2.24, 2.45) is 0 Å². The van der Waals surface area contributed by atoms with Gasteiger partial charge in [-0.3, -0.25) is 0 Å². The Morgan fingerprint density at radius 1 is 1.59 bits per heavy atom. The summed E-state index contributed by atoms with van der Waals surface area (Å²) in [5.74, 6) is 0. The van der Waals surface area contributed by atoms with E-state index in [4.69, 9.17) is 16.7 Å². The standard InChI is InChI=1S/C9H12BrClN2O3S/c1-9(2,5-14)13-17(15,16)7-3-6(10)4-12-8(7)11/h3-4,13-14H,5H2,1-2H3. The molecule has 2 N–H and O–H groups in total. The normalized spacial score (nSPS) is 12.8. The fourth-order valence-electron chi connectivity index (χ4n) is 1.04. The van der Waals surface area contributed by atoms with Crippen molar-refractivity contribution in [3.8, 4) is 0 Å². The SMILES string of the molecule is CC(C)(CO)NS(=O)(=O)c1cc(Br)cnc1Cl. The van der Waals surface area contributed by atoms with Gasteiger partial charge >= 0.3 is 0 Å². The van der Waals surface area contributed by atoms with Gasteiger partial charge in [0.15, 0.2) is 0 Å². The molecule has 0 aromatic carbocycles. The van der Waals surface area contributed by atoms with Gasteiger partial charge in [0.05, 0.1) is 12.1 Å². The van der Waals surface area contributed by atoms with E-state index < -0.39 is 15.6 Å². The highest BCUT2D eigenvalue weighted by molar-refractivity contribution is 9.10. The lowest BCUT2D eigenvalue weighted by molar-refractivity contribution is 0.208. The number of hydrogen-bond donors (Lipinski definition) is 2. The van der Waals surface area contributed by atoms with Crippen molar-refractivity contribution in [1.82, 2.24) is 9.71 Å². The van der Waals surface area contributed by atoms with Gasteiger partial charge in [-0.1, -0.05) is 11.6 Å². The van der Waals surface area contributed by atoms with Crippen LogP contribution in [-0.4, -0.2) is 30.7 Å². The third-order valence-corrected chi connectivity index (χ3v) is 4.43. The van der Waals surface area contributed by atoms with Crippen LogP contribution in [0.25, 0.3) is 0 Å². The zero-order valence-electron chi connectivity index (χ0n) is 9.24. The van der Waals surface area contributed by atoms with E-state index in [1.807, 2.05) is 0 Å². The molecule has 0 bridgehead atoms. The highest BCUT2D eigenvalue weighted by Gasteiger charge is 2.27. The van der Waals surface area contributed by atoms with Crippen LogP contribution in [-0.2, 0) is 10.0 Å². The maximum Gasteiger partial charge on any atom is 0.244 e. The van der Waals surface area contributed by atoms with Crippen molar-refractivity contribution in [3.63, 3.8) is 0 Å². The molecule has 1 aromatic rings. The molecule has 0 atom stereocenters. The number of rotatable bonds is 4. The number of aliphatic hydroxyl groups is 1. The zero-order valence-corrected chi connectivity index (χ0v) is 12.4. The van der Waals surface area contributed by atoms with Crippen LogP contribution in [0.5, 0.6) is 0 Å². The van der Waals surface area contributed by atoms with Crippen molar-refractivity contribution in [3.05, 3.63) is 21.9 Å². The number of nitrogens with one attached hydrogen (secondary N) is 1. The maximum absolute atomic E-state index is 12.0. The van der Waals surface area contributed by atoms with E-state index in [0.717, 1.165) is 0 Å². The van der Waals surface area contributed by atoms with Crippen LogP contribution in [0.15, 0.2) is 21.6 Å². The van der Waals surface area contributed by atoms with Gasteiger partial charge in [-0.25, -0.2) is 18.1 Å². The topological polar surface area (TPSA) is 79.3 Å². The van der Waals surface area contributed by atoms with Crippen LogP contribution >= 0.6 is 27.5 Å². The molecule has 96 valence electrons. The van der Waals surface area contributed by atoms with Gasteiger partial charge in [-0.2, -0.15) is 0 Å². The second-order valence-corrected chi connectivity index (χ2v) is 7.01. The Morgan fingerprint density at radius 3 is 2.71 bits per heavy atom. The molecular weight excluding hydrogens is 332 g/mol. The Labute approximate surface area is 113 Å².